The van der Waals surface area contributed by atoms with Crippen molar-refractivity contribution in [3.05, 3.63) is 53.9 Å². The van der Waals surface area contributed by atoms with Crippen molar-refractivity contribution >= 4 is 11.9 Å². The highest BCUT2D eigenvalue weighted by molar-refractivity contribution is 5.94. The largest absolute Gasteiger partial charge is 0.379 e. The van der Waals surface area contributed by atoms with Crippen molar-refractivity contribution in [1.82, 2.24) is 25.1 Å². The van der Waals surface area contributed by atoms with Crippen molar-refractivity contribution < 1.29 is 9.53 Å². The number of benzene rings is 1. The number of hydrogen-bond acceptors (Lipinski definition) is 7. The van der Waals surface area contributed by atoms with Crippen LogP contribution in [0, 0.1) is 0 Å². The molecule has 2 aromatic rings. The summed E-state index contributed by atoms with van der Waals surface area (Å²) in [5.74, 6) is 0.820. The summed E-state index contributed by atoms with van der Waals surface area (Å²) in [5, 5.41) is 3.07. The molecule has 0 bridgehead atoms. The summed E-state index contributed by atoms with van der Waals surface area (Å²) in [6.45, 7) is 9.88. The van der Waals surface area contributed by atoms with Crippen molar-refractivity contribution in [2.75, 3.05) is 70.5 Å². The molecule has 1 aromatic carbocycles. The molecule has 0 radical (unpaired) electrons. The molecule has 2 aliphatic heterocycles. The number of nitrogens with one attached hydrogen (secondary N) is 1. The minimum Gasteiger partial charge on any atom is -0.379 e. The first-order valence-electron chi connectivity index (χ1n) is 11.2. The summed E-state index contributed by atoms with van der Waals surface area (Å²) in [6, 6.07) is 9.81. The Labute approximate surface area is 184 Å². The highest BCUT2D eigenvalue weighted by Crippen LogP contribution is 2.11. The van der Waals surface area contributed by atoms with E-state index >= 15 is 0 Å². The van der Waals surface area contributed by atoms with Gasteiger partial charge in [0.25, 0.3) is 5.91 Å². The number of hydrogen-bond donors (Lipinski definition) is 1. The molecule has 8 nitrogen and oxygen atoms in total. The van der Waals surface area contributed by atoms with Gasteiger partial charge < -0.3 is 15.0 Å². The molecule has 0 saturated carbocycles. The lowest BCUT2D eigenvalue weighted by Crippen LogP contribution is -2.47. The van der Waals surface area contributed by atoms with E-state index in [9.17, 15) is 4.79 Å². The number of carbonyl (C=O) groups is 1. The zero-order chi connectivity index (χ0) is 21.3. The molecule has 0 aliphatic carbocycles. The van der Waals surface area contributed by atoms with Gasteiger partial charge in [-0.1, -0.05) is 12.1 Å². The van der Waals surface area contributed by atoms with Gasteiger partial charge in [-0.15, -0.1) is 0 Å². The third kappa shape index (κ3) is 6.46. The Hall–Kier alpha value is -2.55. The van der Waals surface area contributed by atoms with Gasteiger partial charge in [0.05, 0.1) is 13.2 Å². The first-order valence-corrected chi connectivity index (χ1v) is 11.2. The topological polar surface area (TPSA) is 73.8 Å². The predicted octanol–water partition coefficient (Wildman–Crippen LogP) is 1.25. The van der Waals surface area contributed by atoms with Gasteiger partial charge in [0.1, 0.15) is 0 Å². The lowest BCUT2D eigenvalue weighted by atomic mass is 10.1. The van der Waals surface area contributed by atoms with Crippen LogP contribution in [0.5, 0.6) is 0 Å². The van der Waals surface area contributed by atoms with Gasteiger partial charge in [-0.2, -0.15) is 0 Å². The molecule has 0 unspecified atom stereocenters. The van der Waals surface area contributed by atoms with Crippen LogP contribution in [0.2, 0.25) is 0 Å². The molecular weight excluding hydrogens is 392 g/mol. The Bertz CT molecular complexity index is 820. The summed E-state index contributed by atoms with van der Waals surface area (Å²) in [5.41, 5.74) is 1.91. The molecule has 4 rings (SSSR count). The summed E-state index contributed by atoms with van der Waals surface area (Å²) in [4.78, 5) is 28.3. The zero-order valence-corrected chi connectivity index (χ0v) is 18.1. The molecule has 1 N–H and O–H groups in total. The SMILES string of the molecule is O=C(NCCCN1CCN(c2ncccn2)CC1)c1cccc(CN2CCOCC2)c1. The number of ether oxygens (including phenoxy) is 1. The quantitative estimate of drug-likeness (QED) is 0.640. The highest BCUT2D eigenvalue weighted by atomic mass is 16.5. The smallest absolute Gasteiger partial charge is 0.251 e. The monoisotopic (exact) mass is 424 g/mol. The van der Waals surface area contributed by atoms with Gasteiger partial charge in [-0.3, -0.25) is 14.6 Å². The van der Waals surface area contributed by atoms with E-state index in [2.05, 4.69) is 36.1 Å². The van der Waals surface area contributed by atoms with Crippen LogP contribution >= 0.6 is 0 Å². The Morgan fingerprint density at radius 3 is 2.52 bits per heavy atom. The number of rotatable bonds is 8. The van der Waals surface area contributed by atoms with Crippen LogP contribution in [0.15, 0.2) is 42.7 Å². The minimum absolute atomic E-state index is 0.00914. The van der Waals surface area contributed by atoms with Gasteiger partial charge in [0.2, 0.25) is 5.95 Å². The Morgan fingerprint density at radius 2 is 1.74 bits per heavy atom. The molecule has 2 saturated heterocycles. The second-order valence-corrected chi connectivity index (χ2v) is 8.08. The van der Waals surface area contributed by atoms with Crippen molar-refractivity contribution in [2.24, 2.45) is 0 Å². The molecule has 3 heterocycles. The van der Waals surface area contributed by atoms with E-state index in [1.807, 2.05) is 24.3 Å². The van der Waals surface area contributed by atoms with Gasteiger partial charge in [-0.25, -0.2) is 9.97 Å². The summed E-state index contributed by atoms with van der Waals surface area (Å²) in [7, 11) is 0. The van der Waals surface area contributed by atoms with Crippen LogP contribution < -0.4 is 10.2 Å². The Kier molecular flexibility index (Phi) is 7.81. The Morgan fingerprint density at radius 1 is 0.968 bits per heavy atom. The predicted molar refractivity (Wildman–Crippen MR) is 120 cm³/mol. The van der Waals surface area contributed by atoms with Gasteiger partial charge in [0.15, 0.2) is 0 Å². The maximum atomic E-state index is 12.6. The number of carbonyl (C=O) groups excluding carboxylic acids is 1. The fourth-order valence-corrected chi connectivity index (χ4v) is 4.06. The van der Waals surface area contributed by atoms with E-state index in [0.717, 1.165) is 83.5 Å². The van der Waals surface area contributed by atoms with Crippen molar-refractivity contribution in [1.29, 1.82) is 0 Å². The fourth-order valence-electron chi connectivity index (χ4n) is 4.06. The summed E-state index contributed by atoms with van der Waals surface area (Å²) in [6.07, 6.45) is 4.52. The number of piperazine rings is 1. The maximum Gasteiger partial charge on any atom is 0.251 e. The average Bonchev–Trinajstić information content (AvgIpc) is 2.83. The van der Waals surface area contributed by atoms with E-state index < -0.39 is 0 Å². The van der Waals surface area contributed by atoms with E-state index in [1.54, 1.807) is 12.4 Å². The third-order valence-corrected chi connectivity index (χ3v) is 5.84. The molecule has 31 heavy (non-hydrogen) atoms. The number of morpholine rings is 1. The van der Waals surface area contributed by atoms with E-state index in [4.69, 9.17) is 4.74 Å². The van der Waals surface area contributed by atoms with Crippen LogP contribution in [0.4, 0.5) is 5.95 Å². The molecule has 8 heteroatoms. The first kappa shape index (κ1) is 21.7. The maximum absolute atomic E-state index is 12.6. The first-order chi connectivity index (χ1) is 15.3. The molecule has 2 aliphatic rings. The Balaban J connectivity index is 1.15. The number of amides is 1. The lowest BCUT2D eigenvalue weighted by Gasteiger charge is -2.34. The standard InChI is InChI=1S/C23H32N6O2/c30-22(21-5-1-4-20(18-21)19-28-14-16-31-17-15-28)24-8-3-9-27-10-12-29(13-11-27)23-25-6-2-7-26-23/h1-2,4-7,18H,3,8-17,19H2,(H,24,30). The van der Waals surface area contributed by atoms with Gasteiger partial charge >= 0.3 is 0 Å². The molecule has 1 amide bonds. The second kappa shape index (κ2) is 11.2. The van der Waals surface area contributed by atoms with Crippen LogP contribution in [0.1, 0.15) is 22.3 Å². The molecule has 166 valence electrons. The lowest BCUT2D eigenvalue weighted by molar-refractivity contribution is 0.0342. The number of nitrogens with zero attached hydrogens (tertiary/aromatic N) is 5. The zero-order valence-electron chi connectivity index (χ0n) is 18.1. The van der Waals surface area contributed by atoms with Gasteiger partial charge in [0, 0.05) is 70.3 Å². The molecular formula is C23H32N6O2. The van der Waals surface area contributed by atoms with Crippen molar-refractivity contribution in [3.63, 3.8) is 0 Å². The summed E-state index contributed by atoms with van der Waals surface area (Å²) >= 11 is 0. The minimum atomic E-state index is 0.00914. The highest BCUT2D eigenvalue weighted by Gasteiger charge is 2.18. The third-order valence-electron chi connectivity index (χ3n) is 5.84. The number of anilines is 1. The summed E-state index contributed by atoms with van der Waals surface area (Å²) < 4.78 is 5.41. The van der Waals surface area contributed by atoms with E-state index in [-0.39, 0.29) is 5.91 Å². The molecule has 0 spiro atoms. The van der Waals surface area contributed by atoms with Crippen LogP contribution in [-0.4, -0.2) is 91.2 Å². The molecule has 0 atom stereocenters. The van der Waals surface area contributed by atoms with Crippen molar-refractivity contribution in [3.8, 4) is 0 Å². The van der Waals surface area contributed by atoms with Crippen LogP contribution in [0.3, 0.4) is 0 Å². The van der Waals surface area contributed by atoms with Crippen molar-refractivity contribution in [2.45, 2.75) is 13.0 Å². The average molecular weight is 425 g/mol. The van der Waals surface area contributed by atoms with Crippen LogP contribution in [-0.2, 0) is 11.3 Å². The molecule has 2 fully saturated rings. The van der Waals surface area contributed by atoms with Gasteiger partial charge in [-0.05, 0) is 36.7 Å². The normalized spacial score (nSPS) is 18.1. The van der Waals surface area contributed by atoms with Crippen LogP contribution in [0.25, 0.3) is 0 Å². The second-order valence-electron chi connectivity index (χ2n) is 8.08. The number of aromatic nitrogens is 2. The fraction of sp³-hybridized carbons (Fsp3) is 0.522. The van der Waals surface area contributed by atoms with E-state index in [0.29, 0.717) is 6.54 Å². The molecule has 1 aromatic heterocycles. The van der Waals surface area contributed by atoms with E-state index in [1.165, 1.54) is 5.56 Å².